The lowest BCUT2D eigenvalue weighted by atomic mass is 9.83. The van der Waals surface area contributed by atoms with Gasteiger partial charge in [0.1, 0.15) is 0 Å². The lowest BCUT2D eigenvalue weighted by Gasteiger charge is -2.28. The van der Waals surface area contributed by atoms with E-state index in [4.69, 9.17) is 0 Å². The first kappa shape index (κ1) is 27.7. The van der Waals surface area contributed by atoms with Gasteiger partial charge in [0, 0.05) is 19.0 Å². The highest BCUT2D eigenvalue weighted by molar-refractivity contribution is 6.55. The van der Waals surface area contributed by atoms with Gasteiger partial charge in [0.2, 0.25) is 0 Å². The molecular weight excluding hydrogens is 457 g/mol. The number of unbranched alkanes of at least 4 members (excludes halogenated alkanes) is 3. The molecule has 2 aromatic carbocycles. The summed E-state index contributed by atoms with van der Waals surface area (Å²) in [6.45, 7) is 7.10. The fourth-order valence-corrected chi connectivity index (χ4v) is 11.3. The molecule has 2 aliphatic rings. The molecule has 1 heterocycles. The molecule has 34 heavy (non-hydrogen) atoms. The third-order valence-corrected chi connectivity index (χ3v) is 14.8. The lowest BCUT2D eigenvalue weighted by molar-refractivity contribution is 0.441. The van der Waals surface area contributed by atoms with Crippen LogP contribution in [0.25, 0.3) is 11.1 Å². The van der Waals surface area contributed by atoms with Crippen LogP contribution in [0.1, 0.15) is 96.0 Å². The summed E-state index contributed by atoms with van der Waals surface area (Å²) >= 11 is 0. The van der Waals surface area contributed by atoms with Crippen molar-refractivity contribution in [3.8, 4) is 11.1 Å². The average Bonchev–Trinajstić information content (AvgIpc) is 3.42. The van der Waals surface area contributed by atoms with E-state index < -0.39 is 0 Å². The smallest absolute Gasteiger partial charge is 0.0553 e. The van der Waals surface area contributed by atoms with Crippen LogP contribution in [0.5, 0.6) is 0 Å². The second-order valence-corrected chi connectivity index (χ2v) is 17.8. The third-order valence-electron chi connectivity index (χ3n) is 8.59. The molecule has 0 amide bonds. The molecule has 0 bridgehead atoms. The molecular formula is C31H52Si3. The Labute approximate surface area is 218 Å². The predicted molar refractivity (Wildman–Crippen MR) is 165 cm³/mol. The van der Waals surface area contributed by atoms with Crippen molar-refractivity contribution in [1.82, 2.24) is 0 Å². The van der Waals surface area contributed by atoms with Gasteiger partial charge in [0.25, 0.3) is 0 Å². The molecule has 0 spiro atoms. The van der Waals surface area contributed by atoms with E-state index >= 15 is 0 Å². The van der Waals surface area contributed by atoms with Crippen LogP contribution in [0.4, 0.5) is 0 Å². The van der Waals surface area contributed by atoms with Gasteiger partial charge in [0.15, 0.2) is 0 Å². The van der Waals surface area contributed by atoms with Crippen LogP contribution >= 0.6 is 0 Å². The van der Waals surface area contributed by atoms with Crippen LogP contribution in [0.2, 0.25) is 29.7 Å². The van der Waals surface area contributed by atoms with Crippen LogP contribution in [0.3, 0.4) is 0 Å². The number of hydrogen-bond acceptors (Lipinski definition) is 0. The third kappa shape index (κ3) is 8.95. The van der Waals surface area contributed by atoms with E-state index in [1.165, 1.54) is 74.1 Å². The lowest BCUT2D eigenvalue weighted by Crippen LogP contribution is -2.15. The van der Waals surface area contributed by atoms with Gasteiger partial charge in [-0.15, -0.1) is 0 Å². The molecule has 0 aromatic heterocycles. The minimum Gasteiger partial charge on any atom is -0.0746 e. The Morgan fingerprint density at radius 1 is 0.853 bits per heavy atom. The first-order valence-corrected chi connectivity index (χ1v) is 20.7. The normalized spacial score (nSPS) is 23.7. The zero-order valence-electron chi connectivity index (χ0n) is 22.7. The highest BCUT2D eigenvalue weighted by Crippen LogP contribution is 2.38. The molecule has 0 N–H and O–H groups in total. The van der Waals surface area contributed by atoms with Crippen molar-refractivity contribution in [3.05, 3.63) is 54.1 Å². The number of rotatable bonds is 10. The Morgan fingerprint density at radius 2 is 1.62 bits per heavy atom. The summed E-state index contributed by atoms with van der Waals surface area (Å²) in [7, 11) is 0.534. The van der Waals surface area contributed by atoms with Crippen molar-refractivity contribution in [2.75, 3.05) is 0 Å². The van der Waals surface area contributed by atoms with Crippen molar-refractivity contribution >= 4 is 33.7 Å². The van der Waals surface area contributed by atoms with Crippen molar-refractivity contribution in [1.29, 1.82) is 0 Å². The summed E-state index contributed by atoms with van der Waals surface area (Å²) in [6, 6.07) is 21.6. The molecule has 1 saturated carbocycles. The molecule has 2 fully saturated rings. The van der Waals surface area contributed by atoms with Crippen molar-refractivity contribution in [2.24, 2.45) is 0 Å². The molecule has 1 unspecified atom stereocenters. The summed E-state index contributed by atoms with van der Waals surface area (Å²) in [5.74, 6) is 0.820. The molecule has 3 heteroatoms. The molecule has 1 saturated heterocycles. The second-order valence-electron chi connectivity index (χ2n) is 11.2. The maximum atomic E-state index is 2.48. The molecule has 1 aliphatic carbocycles. The van der Waals surface area contributed by atoms with Crippen LogP contribution < -0.4 is 5.19 Å². The van der Waals surface area contributed by atoms with Gasteiger partial charge in [0.05, 0.1) is 9.52 Å². The summed E-state index contributed by atoms with van der Waals surface area (Å²) in [4.78, 5) is 0. The molecule has 2 aromatic rings. The second kappa shape index (κ2) is 16.0. The van der Waals surface area contributed by atoms with Crippen LogP contribution in [-0.2, 0) is 0 Å². The molecule has 1 aliphatic heterocycles. The fraction of sp³-hybridized carbons (Fsp3) is 0.613. The number of hydrogen-bond donors (Lipinski definition) is 0. The summed E-state index contributed by atoms with van der Waals surface area (Å²) in [5, 5.41) is 1.62. The Morgan fingerprint density at radius 3 is 2.26 bits per heavy atom. The quantitative estimate of drug-likeness (QED) is 0.232. The monoisotopic (exact) mass is 508 g/mol. The van der Waals surface area contributed by atoms with Crippen LogP contribution in [-0.4, -0.2) is 28.6 Å². The summed E-state index contributed by atoms with van der Waals surface area (Å²) in [5.41, 5.74) is 6.85. The van der Waals surface area contributed by atoms with Gasteiger partial charge in [-0.05, 0) is 35.4 Å². The van der Waals surface area contributed by atoms with Gasteiger partial charge in [-0.25, -0.2) is 0 Å². The molecule has 0 nitrogen and oxygen atoms in total. The summed E-state index contributed by atoms with van der Waals surface area (Å²) < 4.78 is 0. The van der Waals surface area contributed by atoms with Gasteiger partial charge >= 0.3 is 0 Å². The first-order chi connectivity index (χ1) is 16.7. The maximum Gasteiger partial charge on any atom is 0.0553 e. The summed E-state index contributed by atoms with van der Waals surface area (Å²) in [6.07, 6.45) is 16.5. The van der Waals surface area contributed by atoms with Gasteiger partial charge in [-0.1, -0.05) is 155 Å². The van der Waals surface area contributed by atoms with Gasteiger partial charge in [-0.2, -0.15) is 0 Å². The topological polar surface area (TPSA) is 0 Å². The van der Waals surface area contributed by atoms with E-state index in [2.05, 4.69) is 68.9 Å². The predicted octanol–water partition coefficient (Wildman–Crippen LogP) is 7.38. The van der Waals surface area contributed by atoms with Crippen molar-refractivity contribution in [2.45, 2.75) is 120 Å². The van der Waals surface area contributed by atoms with E-state index in [0.29, 0.717) is 9.52 Å². The standard InChI is InChI=1S/C21H30Si2.C10H22Si/c1-3-23-21-7-5-4-6-20(21)18-10-8-16(9-11-18)17-12-14-19(22-2)15-13-17;1-2-3-4-5-7-10-8-6-9-11-10/h4-11,17,19H,3,12-15,22-23H2,1-2H3;10H,2-9,11H2,1H3. The Bertz CT molecular complexity index is 787. The van der Waals surface area contributed by atoms with E-state index in [-0.39, 0.29) is 19.0 Å². The highest BCUT2D eigenvalue weighted by Gasteiger charge is 2.21. The van der Waals surface area contributed by atoms with E-state index in [9.17, 15) is 0 Å². The van der Waals surface area contributed by atoms with E-state index in [0.717, 1.165) is 11.5 Å². The molecule has 4 rings (SSSR count). The Balaban J connectivity index is 0.000000248. The van der Waals surface area contributed by atoms with Crippen LogP contribution in [0, 0.1) is 0 Å². The fourth-order valence-electron chi connectivity index (χ4n) is 6.29. The van der Waals surface area contributed by atoms with E-state index in [1.54, 1.807) is 36.1 Å². The largest absolute Gasteiger partial charge is 0.0746 e. The average molecular weight is 509 g/mol. The molecule has 188 valence electrons. The maximum absolute atomic E-state index is 2.48. The van der Waals surface area contributed by atoms with E-state index in [1.807, 2.05) is 0 Å². The van der Waals surface area contributed by atoms with Crippen molar-refractivity contribution in [3.63, 3.8) is 0 Å². The van der Waals surface area contributed by atoms with Gasteiger partial charge in [-0.3, -0.25) is 0 Å². The Hall–Kier alpha value is -0.909. The zero-order valence-corrected chi connectivity index (χ0v) is 26.9. The zero-order chi connectivity index (χ0) is 24.0. The number of benzene rings is 2. The first-order valence-electron chi connectivity index (χ1n) is 14.9. The molecule has 0 radical (unpaired) electrons. The van der Waals surface area contributed by atoms with Crippen LogP contribution in [0.15, 0.2) is 48.5 Å². The highest BCUT2D eigenvalue weighted by atomic mass is 28.2. The minimum absolute atomic E-state index is 0.107. The Kier molecular flexibility index (Phi) is 13.0. The van der Waals surface area contributed by atoms with Crippen molar-refractivity contribution < 1.29 is 0 Å². The van der Waals surface area contributed by atoms with Gasteiger partial charge < -0.3 is 0 Å². The molecule has 1 atom stereocenters. The minimum atomic E-state index is -0.107. The SMILES string of the molecule is CCCCCCC1CCC[SiH2]1.CC[SiH2]c1ccccc1-c1ccc(C2CCC([SiH2]C)CC2)cc1.